The second kappa shape index (κ2) is 8.61. The summed E-state index contributed by atoms with van der Waals surface area (Å²) in [5, 5.41) is 0. The van der Waals surface area contributed by atoms with Gasteiger partial charge in [-0.2, -0.15) is 0 Å². The summed E-state index contributed by atoms with van der Waals surface area (Å²) in [6, 6.07) is 9.76. The van der Waals surface area contributed by atoms with Crippen molar-refractivity contribution in [2.75, 3.05) is 19.8 Å². The van der Waals surface area contributed by atoms with E-state index in [4.69, 9.17) is 14.2 Å². The first-order chi connectivity index (χ1) is 13.0. The zero-order valence-corrected chi connectivity index (χ0v) is 16.8. The SMILES string of the molecule is CCN(Cc1cccc2c1OCCO2)C(=O)C(C)Oc1ccc(F)cc1Br. The van der Waals surface area contributed by atoms with Crippen LogP contribution >= 0.6 is 15.9 Å². The van der Waals surface area contributed by atoms with Gasteiger partial charge in [-0.1, -0.05) is 12.1 Å². The summed E-state index contributed by atoms with van der Waals surface area (Å²) in [6.07, 6.45) is -0.719. The average molecular weight is 438 g/mol. The zero-order valence-electron chi connectivity index (χ0n) is 15.2. The quantitative estimate of drug-likeness (QED) is 0.679. The fraction of sp³-hybridized carbons (Fsp3) is 0.350. The number of para-hydroxylation sites is 1. The molecule has 0 fully saturated rings. The summed E-state index contributed by atoms with van der Waals surface area (Å²) < 4.78 is 30.8. The van der Waals surface area contributed by atoms with Crippen molar-refractivity contribution in [3.63, 3.8) is 0 Å². The Hall–Kier alpha value is -2.28. The van der Waals surface area contributed by atoms with Crippen LogP contribution in [0.4, 0.5) is 4.39 Å². The predicted molar refractivity (Wildman–Crippen MR) is 103 cm³/mol. The van der Waals surface area contributed by atoms with Crippen LogP contribution in [0.1, 0.15) is 19.4 Å². The molecule has 1 aliphatic heterocycles. The third-order valence-electron chi connectivity index (χ3n) is 4.25. The number of carbonyl (C=O) groups is 1. The van der Waals surface area contributed by atoms with Crippen molar-refractivity contribution in [1.29, 1.82) is 0 Å². The van der Waals surface area contributed by atoms with Crippen LogP contribution in [0.15, 0.2) is 40.9 Å². The molecule has 0 radical (unpaired) electrons. The maximum atomic E-state index is 13.2. The number of hydrogen-bond acceptors (Lipinski definition) is 4. The Morgan fingerprint density at radius 2 is 2.07 bits per heavy atom. The minimum absolute atomic E-state index is 0.164. The molecule has 0 aromatic heterocycles. The van der Waals surface area contributed by atoms with Crippen LogP contribution in [-0.4, -0.2) is 36.7 Å². The number of rotatable bonds is 6. The molecule has 1 atom stereocenters. The summed E-state index contributed by atoms with van der Waals surface area (Å²) in [5.41, 5.74) is 0.887. The molecule has 3 rings (SSSR count). The van der Waals surface area contributed by atoms with Crippen molar-refractivity contribution in [3.05, 3.63) is 52.3 Å². The van der Waals surface area contributed by atoms with Gasteiger partial charge in [0, 0.05) is 18.7 Å². The number of halogens is 2. The fourth-order valence-corrected chi connectivity index (χ4v) is 3.32. The Morgan fingerprint density at radius 1 is 1.30 bits per heavy atom. The van der Waals surface area contributed by atoms with E-state index < -0.39 is 6.10 Å². The Labute approximate surface area is 166 Å². The Kier molecular flexibility index (Phi) is 6.21. The van der Waals surface area contributed by atoms with Gasteiger partial charge in [-0.3, -0.25) is 4.79 Å². The number of nitrogens with zero attached hydrogens (tertiary/aromatic N) is 1. The number of amides is 1. The highest BCUT2D eigenvalue weighted by Crippen LogP contribution is 2.34. The molecule has 0 aliphatic carbocycles. The van der Waals surface area contributed by atoms with E-state index in [0.717, 1.165) is 5.56 Å². The van der Waals surface area contributed by atoms with Gasteiger partial charge in [-0.15, -0.1) is 0 Å². The second-order valence-corrected chi connectivity index (χ2v) is 6.98. The molecule has 7 heteroatoms. The number of fused-ring (bicyclic) bond motifs is 1. The van der Waals surface area contributed by atoms with E-state index in [9.17, 15) is 9.18 Å². The number of hydrogen-bond donors (Lipinski definition) is 0. The van der Waals surface area contributed by atoms with Gasteiger partial charge in [-0.05, 0) is 54.0 Å². The monoisotopic (exact) mass is 437 g/mol. The zero-order chi connectivity index (χ0) is 19.4. The lowest BCUT2D eigenvalue weighted by molar-refractivity contribution is -0.138. The Bertz CT molecular complexity index is 830. The third kappa shape index (κ3) is 4.53. The standard InChI is InChI=1S/C20H21BrFNO4/c1-3-23(12-14-5-4-6-18-19(14)26-10-9-25-18)20(24)13(2)27-17-8-7-15(22)11-16(17)21/h4-8,11,13H,3,9-10,12H2,1-2H3. The van der Waals surface area contributed by atoms with Crippen molar-refractivity contribution < 1.29 is 23.4 Å². The van der Waals surface area contributed by atoms with E-state index in [0.29, 0.717) is 48.0 Å². The normalized spacial score (nSPS) is 13.8. The van der Waals surface area contributed by atoms with E-state index in [1.165, 1.54) is 18.2 Å². The molecule has 1 aliphatic rings. The van der Waals surface area contributed by atoms with Crippen LogP contribution in [-0.2, 0) is 11.3 Å². The van der Waals surface area contributed by atoms with Gasteiger partial charge in [0.1, 0.15) is 24.8 Å². The summed E-state index contributed by atoms with van der Waals surface area (Å²) >= 11 is 3.25. The van der Waals surface area contributed by atoms with Crippen LogP contribution in [0.3, 0.4) is 0 Å². The van der Waals surface area contributed by atoms with Gasteiger partial charge < -0.3 is 19.1 Å². The van der Waals surface area contributed by atoms with Gasteiger partial charge in [-0.25, -0.2) is 4.39 Å². The van der Waals surface area contributed by atoms with Crippen LogP contribution < -0.4 is 14.2 Å². The van der Waals surface area contributed by atoms with Gasteiger partial charge >= 0.3 is 0 Å². The van der Waals surface area contributed by atoms with E-state index in [1.54, 1.807) is 11.8 Å². The molecule has 1 heterocycles. The number of ether oxygens (including phenoxy) is 3. The van der Waals surface area contributed by atoms with Crippen molar-refractivity contribution in [3.8, 4) is 17.2 Å². The molecule has 5 nitrogen and oxygen atoms in total. The molecule has 0 saturated heterocycles. The predicted octanol–water partition coefficient (Wildman–Crippen LogP) is 4.18. The molecule has 0 spiro atoms. The molecule has 144 valence electrons. The lowest BCUT2D eigenvalue weighted by Crippen LogP contribution is -2.40. The molecule has 1 unspecified atom stereocenters. The van der Waals surface area contributed by atoms with Gasteiger partial charge in [0.25, 0.3) is 5.91 Å². The average Bonchev–Trinajstić information content (AvgIpc) is 2.67. The van der Waals surface area contributed by atoms with Crippen molar-refractivity contribution >= 4 is 21.8 Å². The third-order valence-corrected chi connectivity index (χ3v) is 4.87. The van der Waals surface area contributed by atoms with E-state index in [-0.39, 0.29) is 11.7 Å². The summed E-state index contributed by atoms with van der Waals surface area (Å²) in [4.78, 5) is 14.6. The van der Waals surface area contributed by atoms with Crippen LogP contribution in [0.5, 0.6) is 17.2 Å². The lowest BCUT2D eigenvalue weighted by atomic mass is 10.1. The first-order valence-electron chi connectivity index (χ1n) is 8.77. The van der Waals surface area contributed by atoms with E-state index in [2.05, 4.69) is 15.9 Å². The molecular weight excluding hydrogens is 417 g/mol. The lowest BCUT2D eigenvalue weighted by Gasteiger charge is -2.27. The topological polar surface area (TPSA) is 48.0 Å². The van der Waals surface area contributed by atoms with Crippen molar-refractivity contribution in [2.24, 2.45) is 0 Å². The molecule has 27 heavy (non-hydrogen) atoms. The maximum Gasteiger partial charge on any atom is 0.263 e. The van der Waals surface area contributed by atoms with Crippen LogP contribution in [0.2, 0.25) is 0 Å². The Morgan fingerprint density at radius 3 is 2.81 bits per heavy atom. The second-order valence-electron chi connectivity index (χ2n) is 6.13. The number of carbonyl (C=O) groups excluding carboxylic acids is 1. The highest BCUT2D eigenvalue weighted by Gasteiger charge is 2.24. The largest absolute Gasteiger partial charge is 0.486 e. The van der Waals surface area contributed by atoms with Gasteiger partial charge in [0.2, 0.25) is 0 Å². The minimum Gasteiger partial charge on any atom is -0.486 e. The smallest absolute Gasteiger partial charge is 0.263 e. The highest BCUT2D eigenvalue weighted by atomic mass is 79.9. The minimum atomic E-state index is -0.719. The van der Waals surface area contributed by atoms with E-state index in [1.807, 2.05) is 25.1 Å². The van der Waals surface area contributed by atoms with Crippen molar-refractivity contribution in [2.45, 2.75) is 26.5 Å². The molecule has 0 N–H and O–H groups in total. The van der Waals surface area contributed by atoms with Gasteiger partial charge in [0.05, 0.1) is 4.47 Å². The molecule has 2 aromatic carbocycles. The fourth-order valence-electron chi connectivity index (χ4n) is 2.88. The Balaban J connectivity index is 1.72. The highest BCUT2D eigenvalue weighted by molar-refractivity contribution is 9.10. The number of likely N-dealkylation sites (N-methyl/N-ethyl adjacent to an activating group) is 1. The molecule has 2 aromatic rings. The summed E-state index contributed by atoms with van der Waals surface area (Å²) in [7, 11) is 0. The van der Waals surface area contributed by atoms with Gasteiger partial charge in [0.15, 0.2) is 17.6 Å². The molecule has 1 amide bonds. The maximum absolute atomic E-state index is 13.2. The molecule has 0 bridgehead atoms. The van der Waals surface area contributed by atoms with Crippen LogP contribution in [0.25, 0.3) is 0 Å². The summed E-state index contributed by atoms with van der Waals surface area (Å²) in [6.45, 7) is 5.50. The number of benzene rings is 2. The molecule has 0 saturated carbocycles. The van der Waals surface area contributed by atoms with Crippen molar-refractivity contribution in [1.82, 2.24) is 4.90 Å². The first-order valence-corrected chi connectivity index (χ1v) is 9.57. The van der Waals surface area contributed by atoms with Crippen LogP contribution in [0, 0.1) is 5.82 Å². The van der Waals surface area contributed by atoms with E-state index >= 15 is 0 Å². The summed E-state index contributed by atoms with van der Waals surface area (Å²) in [5.74, 6) is 1.26. The first kappa shape index (κ1) is 19.5. The molecular formula is C20H21BrFNO4.